The van der Waals surface area contributed by atoms with Gasteiger partial charge in [0.1, 0.15) is 17.4 Å². The Labute approximate surface area is 175 Å². The summed E-state index contributed by atoms with van der Waals surface area (Å²) in [5, 5.41) is 11.2. The summed E-state index contributed by atoms with van der Waals surface area (Å²) in [7, 11) is 0. The molecule has 8 nitrogen and oxygen atoms in total. The summed E-state index contributed by atoms with van der Waals surface area (Å²) in [4.78, 5) is 35.2. The van der Waals surface area contributed by atoms with Crippen molar-refractivity contribution in [3.8, 4) is 5.88 Å². The van der Waals surface area contributed by atoms with Crippen LogP contribution in [0.1, 0.15) is 31.0 Å². The maximum absolute atomic E-state index is 11.6. The molecule has 4 rings (SSSR count). The van der Waals surface area contributed by atoms with Crippen LogP contribution in [-0.4, -0.2) is 69.0 Å². The van der Waals surface area contributed by atoms with Gasteiger partial charge in [0.2, 0.25) is 18.2 Å². The van der Waals surface area contributed by atoms with Crippen molar-refractivity contribution in [2.24, 2.45) is 0 Å². The van der Waals surface area contributed by atoms with Crippen molar-refractivity contribution in [2.45, 2.75) is 43.9 Å². The molecule has 2 saturated heterocycles. The van der Waals surface area contributed by atoms with Gasteiger partial charge in [-0.1, -0.05) is 30.3 Å². The molecule has 2 aromatic rings. The number of carbonyl (C=O) groups is 2. The summed E-state index contributed by atoms with van der Waals surface area (Å²) in [5.41, 5.74) is 0.326. The van der Waals surface area contributed by atoms with E-state index in [1.807, 2.05) is 30.3 Å². The molecule has 3 heterocycles. The van der Waals surface area contributed by atoms with E-state index >= 15 is 0 Å². The van der Waals surface area contributed by atoms with Gasteiger partial charge in [-0.2, -0.15) is 0 Å². The average Bonchev–Trinajstić information content (AvgIpc) is 2.76. The Balaban J connectivity index is 1.50. The molecule has 8 heteroatoms. The van der Waals surface area contributed by atoms with Crippen LogP contribution < -0.4 is 4.74 Å². The van der Waals surface area contributed by atoms with Crippen molar-refractivity contribution in [3.63, 3.8) is 0 Å². The van der Waals surface area contributed by atoms with Crippen LogP contribution in [0.3, 0.4) is 0 Å². The zero-order valence-corrected chi connectivity index (χ0v) is 17.0. The zero-order valence-electron chi connectivity index (χ0n) is 17.0. The molecule has 2 amide bonds. The van der Waals surface area contributed by atoms with Gasteiger partial charge in [0.05, 0.1) is 12.6 Å². The average molecular weight is 410 g/mol. The quantitative estimate of drug-likeness (QED) is 0.718. The number of hydrogen-bond donors (Lipinski definition) is 1. The van der Waals surface area contributed by atoms with Crippen molar-refractivity contribution in [1.29, 1.82) is 0 Å². The van der Waals surface area contributed by atoms with Crippen LogP contribution >= 0.6 is 0 Å². The highest BCUT2D eigenvalue weighted by Crippen LogP contribution is 2.37. The Kier molecular flexibility index (Phi) is 5.67. The third-order valence-electron chi connectivity index (χ3n) is 6.07. The molecule has 2 aliphatic rings. The summed E-state index contributed by atoms with van der Waals surface area (Å²) in [5.74, 6) is 0.296. The van der Waals surface area contributed by atoms with Gasteiger partial charge >= 0.3 is 0 Å². The third-order valence-corrected chi connectivity index (χ3v) is 6.07. The summed E-state index contributed by atoms with van der Waals surface area (Å²) >= 11 is 0. The molecular weight excluding hydrogens is 384 g/mol. The van der Waals surface area contributed by atoms with Gasteiger partial charge in [-0.15, -0.1) is 0 Å². The van der Waals surface area contributed by atoms with E-state index in [-0.39, 0.29) is 18.1 Å². The number of carbonyl (C=O) groups excluding carboxylic acids is 2. The van der Waals surface area contributed by atoms with Gasteiger partial charge < -0.3 is 19.6 Å². The van der Waals surface area contributed by atoms with Gasteiger partial charge in [0, 0.05) is 32.4 Å². The number of aliphatic hydroxyl groups is 1. The normalized spacial score (nSPS) is 22.9. The fourth-order valence-corrected chi connectivity index (χ4v) is 4.18. The number of amides is 2. The molecule has 2 unspecified atom stereocenters. The van der Waals surface area contributed by atoms with Gasteiger partial charge in [-0.05, 0) is 24.8 Å². The van der Waals surface area contributed by atoms with Crippen LogP contribution in [0.2, 0.25) is 0 Å². The first-order chi connectivity index (χ1) is 14.5. The Morgan fingerprint density at radius 3 is 2.60 bits per heavy atom. The molecular formula is C22H26N4O4. The molecule has 1 aromatic heterocycles. The molecule has 0 bridgehead atoms. The Hall–Kier alpha value is -3.00. The standard InChI is InChI=1S/C22H26N4O4/c1-16(28)25-11-7-22(29,8-12-25)20-21(24-10-9-23-20)30-19-14-26(15-27)18(19)13-17-5-3-2-4-6-17/h2-6,9-10,15,18-19,29H,7-8,11-14H2,1H3. The minimum Gasteiger partial charge on any atom is -0.469 e. The van der Waals surface area contributed by atoms with Crippen molar-refractivity contribution in [1.82, 2.24) is 19.8 Å². The van der Waals surface area contributed by atoms with E-state index in [1.165, 1.54) is 19.3 Å². The minimum absolute atomic E-state index is 0.000143. The van der Waals surface area contributed by atoms with E-state index in [4.69, 9.17) is 4.74 Å². The van der Waals surface area contributed by atoms with E-state index in [9.17, 15) is 14.7 Å². The molecule has 2 fully saturated rings. The first-order valence-electron chi connectivity index (χ1n) is 10.2. The Morgan fingerprint density at radius 1 is 1.23 bits per heavy atom. The molecule has 0 radical (unpaired) electrons. The van der Waals surface area contributed by atoms with E-state index in [0.717, 1.165) is 12.0 Å². The smallest absolute Gasteiger partial charge is 0.239 e. The fourth-order valence-electron chi connectivity index (χ4n) is 4.18. The van der Waals surface area contributed by atoms with Gasteiger partial charge in [0.15, 0.2) is 0 Å². The summed E-state index contributed by atoms with van der Waals surface area (Å²) in [6.45, 7) is 2.92. The number of piperidine rings is 1. The molecule has 2 atom stereocenters. The molecule has 0 spiro atoms. The highest BCUT2D eigenvalue weighted by atomic mass is 16.5. The van der Waals surface area contributed by atoms with E-state index in [2.05, 4.69) is 9.97 Å². The van der Waals surface area contributed by atoms with Gasteiger partial charge in [-0.3, -0.25) is 14.6 Å². The minimum atomic E-state index is -1.20. The highest BCUT2D eigenvalue weighted by molar-refractivity contribution is 5.73. The van der Waals surface area contributed by atoms with Gasteiger partial charge in [0.25, 0.3) is 0 Å². The second-order valence-corrected chi connectivity index (χ2v) is 7.96. The lowest BCUT2D eigenvalue weighted by Gasteiger charge is -2.46. The predicted molar refractivity (Wildman–Crippen MR) is 109 cm³/mol. The molecule has 2 aliphatic heterocycles. The molecule has 0 aliphatic carbocycles. The molecule has 0 saturated carbocycles. The maximum Gasteiger partial charge on any atom is 0.239 e. The van der Waals surface area contributed by atoms with Crippen LogP contribution in [0.15, 0.2) is 42.7 Å². The summed E-state index contributed by atoms with van der Waals surface area (Å²) < 4.78 is 6.18. The Bertz CT molecular complexity index is 899. The highest BCUT2D eigenvalue weighted by Gasteiger charge is 2.43. The summed E-state index contributed by atoms with van der Waals surface area (Å²) in [6, 6.07) is 9.85. The number of likely N-dealkylation sites (tertiary alicyclic amines) is 2. The maximum atomic E-state index is 11.6. The van der Waals surface area contributed by atoms with E-state index < -0.39 is 5.60 Å². The van der Waals surface area contributed by atoms with Gasteiger partial charge in [-0.25, -0.2) is 4.98 Å². The van der Waals surface area contributed by atoms with Crippen molar-refractivity contribution in [2.75, 3.05) is 19.6 Å². The van der Waals surface area contributed by atoms with Crippen molar-refractivity contribution >= 4 is 12.3 Å². The lowest BCUT2D eigenvalue weighted by molar-refractivity contribution is -0.136. The molecule has 30 heavy (non-hydrogen) atoms. The zero-order chi connectivity index (χ0) is 21.1. The number of rotatable bonds is 6. The lowest BCUT2D eigenvalue weighted by Crippen LogP contribution is -2.62. The summed E-state index contributed by atoms with van der Waals surface area (Å²) in [6.07, 6.45) is 5.12. The van der Waals surface area contributed by atoms with Crippen LogP contribution in [0, 0.1) is 0 Å². The monoisotopic (exact) mass is 410 g/mol. The van der Waals surface area contributed by atoms with Crippen LogP contribution in [0.5, 0.6) is 5.88 Å². The lowest BCUT2D eigenvalue weighted by atomic mass is 9.87. The topological polar surface area (TPSA) is 95.9 Å². The second kappa shape index (κ2) is 8.39. The first kappa shape index (κ1) is 20.3. The number of benzene rings is 1. The number of hydrogen-bond acceptors (Lipinski definition) is 6. The number of aromatic nitrogens is 2. The molecule has 1 N–H and O–H groups in total. The largest absolute Gasteiger partial charge is 0.469 e. The van der Waals surface area contributed by atoms with Crippen LogP contribution in [0.25, 0.3) is 0 Å². The van der Waals surface area contributed by atoms with E-state index in [1.54, 1.807) is 9.80 Å². The van der Waals surface area contributed by atoms with Crippen LogP contribution in [-0.2, 0) is 21.6 Å². The second-order valence-electron chi connectivity index (χ2n) is 7.96. The SMILES string of the molecule is CC(=O)N1CCC(O)(c2nccnc2OC2CN(C=O)C2Cc2ccccc2)CC1. The van der Waals surface area contributed by atoms with Crippen molar-refractivity contribution < 1.29 is 19.4 Å². The predicted octanol–water partition coefficient (Wildman–Crippen LogP) is 1.14. The molecule has 1 aromatic carbocycles. The van der Waals surface area contributed by atoms with Crippen molar-refractivity contribution in [3.05, 3.63) is 54.0 Å². The fraction of sp³-hybridized carbons (Fsp3) is 0.455. The number of ether oxygens (including phenoxy) is 1. The number of nitrogens with zero attached hydrogens (tertiary/aromatic N) is 4. The molecule has 158 valence electrons. The van der Waals surface area contributed by atoms with E-state index in [0.29, 0.717) is 50.5 Å². The third kappa shape index (κ3) is 4.00. The van der Waals surface area contributed by atoms with Crippen LogP contribution in [0.4, 0.5) is 0 Å². The Morgan fingerprint density at radius 2 is 1.93 bits per heavy atom. The first-order valence-corrected chi connectivity index (χ1v) is 10.2.